The van der Waals surface area contributed by atoms with Crippen molar-refractivity contribution in [2.24, 2.45) is 5.92 Å². The topological polar surface area (TPSA) is 116 Å². The van der Waals surface area contributed by atoms with E-state index in [1.54, 1.807) is 13.1 Å². The average Bonchev–Trinajstić information content (AvgIpc) is 2.65. The lowest BCUT2D eigenvalue weighted by atomic mass is 9.99. The number of fused-ring (bicyclic) bond motifs is 1. The van der Waals surface area contributed by atoms with E-state index in [0.29, 0.717) is 11.3 Å². The van der Waals surface area contributed by atoms with Crippen molar-refractivity contribution in [1.29, 1.82) is 0 Å². The second-order valence-electron chi connectivity index (χ2n) is 6.71. The largest absolute Gasteiger partial charge is 0.507 e. The summed E-state index contributed by atoms with van der Waals surface area (Å²) in [6.45, 7) is 3.05. The number of benzene rings is 1. The van der Waals surface area contributed by atoms with E-state index in [9.17, 15) is 29.3 Å². The molecule has 1 heterocycles. The van der Waals surface area contributed by atoms with Gasteiger partial charge in [-0.15, -0.1) is 0 Å². The molecule has 152 valence electrons. The molecule has 7 nitrogen and oxygen atoms in total. The fourth-order valence-corrected chi connectivity index (χ4v) is 2.71. The highest BCUT2D eigenvalue weighted by atomic mass is 19.1. The average molecular weight is 393 g/mol. The summed E-state index contributed by atoms with van der Waals surface area (Å²) in [5, 5.41) is 33.0. The zero-order valence-corrected chi connectivity index (χ0v) is 15.8. The summed E-state index contributed by atoms with van der Waals surface area (Å²) in [6.07, 6.45) is -0.667. The van der Waals surface area contributed by atoms with Crippen LogP contribution < -0.4 is 5.32 Å². The molecular formula is C20H24FNO6. The number of ether oxygens (including phenoxy) is 1. The van der Waals surface area contributed by atoms with E-state index >= 15 is 0 Å². The number of cyclic esters (lactones) is 1. The van der Waals surface area contributed by atoms with Gasteiger partial charge in [-0.25, -0.2) is 9.18 Å². The number of Topliss-reactive ketones (excluding diaryl/α,β-unsaturated/α-hetero) is 1. The first-order chi connectivity index (χ1) is 13.1. The lowest BCUT2D eigenvalue weighted by Gasteiger charge is -2.20. The van der Waals surface area contributed by atoms with Crippen LogP contribution in [0.5, 0.6) is 5.75 Å². The zero-order valence-electron chi connectivity index (χ0n) is 15.8. The molecule has 0 saturated carbocycles. The van der Waals surface area contributed by atoms with Crippen LogP contribution in [0.25, 0.3) is 6.08 Å². The monoisotopic (exact) mass is 393 g/mol. The van der Waals surface area contributed by atoms with Crippen molar-refractivity contribution >= 4 is 23.5 Å². The first-order valence-electron chi connectivity index (χ1n) is 8.85. The van der Waals surface area contributed by atoms with Gasteiger partial charge in [-0.1, -0.05) is 19.1 Å². The highest BCUT2D eigenvalue weighted by Gasteiger charge is 2.29. The first kappa shape index (κ1) is 21.6. The van der Waals surface area contributed by atoms with Gasteiger partial charge in [-0.2, -0.15) is 0 Å². The molecular weight excluding hydrogens is 369 g/mol. The molecule has 0 amide bonds. The Morgan fingerprint density at radius 2 is 1.89 bits per heavy atom. The minimum Gasteiger partial charge on any atom is -0.507 e. The molecule has 1 aliphatic heterocycles. The number of hydrogen-bond acceptors (Lipinski definition) is 7. The normalized spacial score (nSPS) is 29.7. The van der Waals surface area contributed by atoms with E-state index in [1.165, 1.54) is 32.1 Å². The number of halogens is 1. The summed E-state index contributed by atoms with van der Waals surface area (Å²) < 4.78 is 19.4. The molecule has 8 heteroatoms. The van der Waals surface area contributed by atoms with Crippen LogP contribution in [0.15, 0.2) is 30.1 Å². The van der Waals surface area contributed by atoms with Gasteiger partial charge in [-0.05, 0) is 31.1 Å². The van der Waals surface area contributed by atoms with Gasteiger partial charge in [0.05, 0.1) is 6.10 Å². The van der Waals surface area contributed by atoms with Crippen LogP contribution >= 0.6 is 0 Å². The Balaban J connectivity index is 2.54. The maximum absolute atomic E-state index is 14.1. The van der Waals surface area contributed by atoms with Crippen LogP contribution in [0.4, 0.5) is 10.1 Å². The number of ketones is 1. The summed E-state index contributed by atoms with van der Waals surface area (Å²) in [5.41, 5.74) is 0.778. The first-order valence-corrected chi connectivity index (χ1v) is 8.85. The minimum atomic E-state index is -1.93. The van der Waals surface area contributed by atoms with Crippen molar-refractivity contribution in [3.05, 3.63) is 41.2 Å². The summed E-state index contributed by atoms with van der Waals surface area (Å²) >= 11 is 0. The number of hydrogen-bond donors (Lipinski definition) is 4. The Kier molecular flexibility index (Phi) is 6.93. The van der Waals surface area contributed by atoms with Crippen LogP contribution in [0, 0.1) is 5.92 Å². The second kappa shape index (κ2) is 8.99. The Bertz CT molecular complexity index is 819. The van der Waals surface area contributed by atoms with Gasteiger partial charge >= 0.3 is 5.97 Å². The van der Waals surface area contributed by atoms with Crippen molar-refractivity contribution in [2.45, 2.75) is 38.6 Å². The van der Waals surface area contributed by atoms with Gasteiger partial charge < -0.3 is 25.4 Å². The number of aliphatic hydroxyl groups excluding tert-OH is 2. The van der Waals surface area contributed by atoms with Gasteiger partial charge in [0.25, 0.3) is 0 Å². The predicted molar refractivity (Wildman–Crippen MR) is 102 cm³/mol. The van der Waals surface area contributed by atoms with E-state index in [-0.39, 0.29) is 17.7 Å². The molecule has 1 aromatic rings. The van der Waals surface area contributed by atoms with E-state index < -0.39 is 41.8 Å². The molecule has 0 saturated heterocycles. The number of carbonyl (C=O) groups excluding carboxylic acids is 2. The molecule has 0 spiro atoms. The smallest absolute Gasteiger partial charge is 0.342 e. The van der Waals surface area contributed by atoms with Gasteiger partial charge in [0, 0.05) is 24.7 Å². The van der Waals surface area contributed by atoms with E-state index in [4.69, 9.17) is 4.74 Å². The molecule has 0 aliphatic carbocycles. The number of aromatic hydroxyl groups is 1. The number of anilines is 1. The number of carbonyl (C=O) groups is 2. The number of aliphatic hydroxyl groups is 2. The highest BCUT2D eigenvalue weighted by Crippen LogP contribution is 2.30. The molecule has 1 aliphatic rings. The Labute approximate surface area is 162 Å². The standard InChI is InChI=1S/C20H24FNO6/c1-10-7-14(21)18(25)19(26)15(23)6-4-5-12-8-13(22-3)9-16(24)17(12)20(27)28-11(10)2/h4-5,7-11,15,19,22-24,26H,6H2,1-3H3/b5-4+,14-7+/t10-,11-,15-,19-/m0/s1. The van der Waals surface area contributed by atoms with Crippen LogP contribution in [-0.2, 0) is 9.53 Å². The summed E-state index contributed by atoms with van der Waals surface area (Å²) in [6, 6.07) is 2.96. The number of phenolic OH excluding ortho intramolecular Hbond substituents is 1. The van der Waals surface area contributed by atoms with Crippen LogP contribution in [0.2, 0.25) is 0 Å². The molecule has 0 bridgehead atoms. The van der Waals surface area contributed by atoms with E-state index in [1.807, 2.05) is 0 Å². The fourth-order valence-electron chi connectivity index (χ4n) is 2.71. The van der Waals surface area contributed by atoms with E-state index in [2.05, 4.69) is 5.32 Å². The zero-order chi connectivity index (χ0) is 21.0. The predicted octanol–water partition coefficient (Wildman–Crippen LogP) is 2.18. The third-order valence-electron chi connectivity index (χ3n) is 4.63. The van der Waals surface area contributed by atoms with Gasteiger partial charge in [0.2, 0.25) is 5.78 Å². The van der Waals surface area contributed by atoms with Crippen molar-refractivity contribution in [3.8, 4) is 5.75 Å². The van der Waals surface area contributed by atoms with Crippen molar-refractivity contribution in [1.82, 2.24) is 0 Å². The molecule has 4 atom stereocenters. The maximum atomic E-state index is 14.1. The Morgan fingerprint density at radius 1 is 1.21 bits per heavy atom. The van der Waals surface area contributed by atoms with Gasteiger partial charge in [-0.3, -0.25) is 4.79 Å². The number of rotatable bonds is 1. The molecule has 28 heavy (non-hydrogen) atoms. The lowest BCUT2D eigenvalue weighted by Crippen LogP contribution is -2.34. The third kappa shape index (κ3) is 4.76. The van der Waals surface area contributed by atoms with Crippen molar-refractivity contribution in [3.63, 3.8) is 0 Å². The lowest BCUT2D eigenvalue weighted by molar-refractivity contribution is -0.130. The maximum Gasteiger partial charge on any atom is 0.342 e. The van der Waals surface area contributed by atoms with Crippen LogP contribution in [0.1, 0.15) is 36.2 Å². The van der Waals surface area contributed by atoms with Gasteiger partial charge in [0.1, 0.15) is 23.5 Å². The third-order valence-corrected chi connectivity index (χ3v) is 4.63. The Hall–Kier alpha value is -2.71. The number of phenols is 1. The van der Waals surface area contributed by atoms with E-state index in [0.717, 1.165) is 6.08 Å². The quantitative estimate of drug-likeness (QED) is 0.541. The van der Waals surface area contributed by atoms with Crippen LogP contribution in [-0.4, -0.2) is 52.4 Å². The SMILES string of the molecule is CNc1cc(O)c2c(c1)/C=C/C[C@H](O)[C@H](O)C(=O)/C(F)=C\[C@H](C)[C@H](C)OC2=O. The summed E-state index contributed by atoms with van der Waals surface area (Å²) in [7, 11) is 1.64. The number of esters is 1. The minimum absolute atomic E-state index is 0.0816. The molecule has 0 aromatic heterocycles. The molecule has 0 unspecified atom stereocenters. The van der Waals surface area contributed by atoms with Crippen molar-refractivity contribution in [2.75, 3.05) is 12.4 Å². The molecule has 0 fully saturated rings. The molecule has 0 radical (unpaired) electrons. The summed E-state index contributed by atoms with van der Waals surface area (Å²) in [4.78, 5) is 24.5. The fraction of sp³-hybridized carbons (Fsp3) is 0.400. The van der Waals surface area contributed by atoms with Gasteiger partial charge in [0.15, 0.2) is 5.83 Å². The van der Waals surface area contributed by atoms with Crippen molar-refractivity contribution < 1.29 is 34.0 Å². The highest BCUT2D eigenvalue weighted by molar-refractivity contribution is 5.98. The molecule has 1 aromatic carbocycles. The number of nitrogens with one attached hydrogen (secondary N) is 1. The van der Waals surface area contributed by atoms with Crippen LogP contribution in [0.3, 0.4) is 0 Å². The molecule has 4 N–H and O–H groups in total. The second-order valence-corrected chi connectivity index (χ2v) is 6.71. The molecule has 2 rings (SSSR count). The Morgan fingerprint density at radius 3 is 2.54 bits per heavy atom. The summed E-state index contributed by atoms with van der Waals surface area (Å²) in [5.74, 6) is -4.26.